The summed E-state index contributed by atoms with van der Waals surface area (Å²) in [5, 5.41) is 0. The maximum Gasteiger partial charge on any atom is 0.393 e. The van der Waals surface area contributed by atoms with E-state index < -0.39 is 22.6 Å². The van der Waals surface area contributed by atoms with E-state index in [1.807, 2.05) is 0 Å². The molecule has 0 N–H and O–H groups in total. The Morgan fingerprint density at radius 3 is 2.58 bits per heavy atom. The van der Waals surface area contributed by atoms with Crippen molar-refractivity contribution in [2.24, 2.45) is 4.99 Å². The van der Waals surface area contributed by atoms with Gasteiger partial charge in [-0.05, 0) is 25.0 Å². The third kappa shape index (κ3) is 4.86. The molecule has 0 atom stereocenters. The summed E-state index contributed by atoms with van der Waals surface area (Å²) < 4.78 is 68.6. The summed E-state index contributed by atoms with van der Waals surface area (Å²) in [6.45, 7) is 0.807. The zero-order valence-electron chi connectivity index (χ0n) is 13.4. The minimum absolute atomic E-state index is 0.0231. The van der Waals surface area contributed by atoms with Crippen LogP contribution in [0.25, 0.3) is 0 Å². The predicted octanol–water partition coefficient (Wildman–Crippen LogP) is 2.80. The molecule has 0 fully saturated rings. The van der Waals surface area contributed by atoms with E-state index >= 15 is 0 Å². The van der Waals surface area contributed by atoms with Gasteiger partial charge in [-0.3, -0.25) is 9.30 Å². The van der Waals surface area contributed by atoms with Crippen molar-refractivity contribution in [3.05, 3.63) is 23.8 Å². The molecule has 5 nitrogen and oxygen atoms in total. The van der Waals surface area contributed by atoms with Crippen LogP contribution in [0.2, 0.25) is 0 Å². The zero-order valence-corrected chi connectivity index (χ0v) is 14.2. The molecule has 1 aromatic carbocycles. The third-order valence-corrected chi connectivity index (χ3v) is 4.87. The Hall–Kier alpha value is -1.77. The Kier molecular flexibility index (Phi) is 5.42. The lowest BCUT2D eigenvalue weighted by Crippen LogP contribution is -2.27. The van der Waals surface area contributed by atoms with Crippen molar-refractivity contribution < 1.29 is 26.3 Å². The zero-order chi connectivity index (χ0) is 18.0. The summed E-state index contributed by atoms with van der Waals surface area (Å²) in [6, 6.07) is 4.22. The number of nitrogens with zero attached hydrogens (tertiary/aromatic N) is 2. The Morgan fingerprint density at radius 2 is 2.04 bits per heavy atom. The van der Waals surface area contributed by atoms with Gasteiger partial charge in [-0.25, -0.2) is 8.42 Å². The average molecular weight is 364 g/mol. The first-order valence-corrected chi connectivity index (χ1v) is 9.20. The van der Waals surface area contributed by atoms with Crippen molar-refractivity contribution in [3.8, 4) is 5.75 Å². The van der Waals surface area contributed by atoms with Crippen LogP contribution in [0.4, 0.5) is 18.9 Å². The number of ether oxygens (including phenoxy) is 1. The van der Waals surface area contributed by atoms with E-state index in [9.17, 15) is 21.6 Å². The molecule has 0 saturated heterocycles. The minimum Gasteiger partial charge on any atom is -0.487 e. The van der Waals surface area contributed by atoms with Crippen molar-refractivity contribution in [3.63, 3.8) is 0 Å². The summed E-state index contributed by atoms with van der Waals surface area (Å²) >= 11 is 0. The second-order valence-corrected chi connectivity index (χ2v) is 7.63. The highest BCUT2D eigenvalue weighted by molar-refractivity contribution is 7.92. The maximum absolute atomic E-state index is 13.0. The number of rotatable bonds is 6. The lowest BCUT2D eigenvalue weighted by atomic mass is 10.1. The van der Waals surface area contributed by atoms with Gasteiger partial charge in [0.05, 0.1) is 18.4 Å². The summed E-state index contributed by atoms with van der Waals surface area (Å²) in [5.41, 5.74) is 0.562. The van der Waals surface area contributed by atoms with E-state index in [1.165, 1.54) is 25.2 Å². The first-order chi connectivity index (χ1) is 11.1. The smallest absolute Gasteiger partial charge is 0.393 e. The van der Waals surface area contributed by atoms with Gasteiger partial charge >= 0.3 is 6.18 Å². The van der Waals surface area contributed by atoms with E-state index in [0.29, 0.717) is 6.54 Å². The molecule has 9 heteroatoms. The van der Waals surface area contributed by atoms with E-state index in [4.69, 9.17) is 4.74 Å². The number of hydrogen-bond acceptors (Lipinski definition) is 4. The molecular weight excluding hydrogens is 345 g/mol. The average Bonchev–Trinajstić information content (AvgIpc) is 2.96. The molecule has 0 radical (unpaired) electrons. The molecule has 24 heavy (non-hydrogen) atoms. The van der Waals surface area contributed by atoms with E-state index in [1.54, 1.807) is 0 Å². The number of sulfonamides is 1. The Bertz CT molecular complexity index is 730. The van der Waals surface area contributed by atoms with Gasteiger partial charge in [-0.1, -0.05) is 6.07 Å². The number of halogens is 3. The summed E-state index contributed by atoms with van der Waals surface area (Å²) in [4.78, 5) is 4.21. The van der Waals surface area contributed by atoms with Crippen LogP contribution in [0.15, 0.2) is 23.2 Å². The quantitative estimate of drug-likeness (QED) is 0.780. The van der Waals surface area contributed by atoms with Crippen molar-refractivity contribution in [1.82, 2.24) is 0 Å². The Morgan fingerprint density at radius 1 is 1.33 bits per heavy atom. The summed E-state index contributed by atoms with van der Waals surface area (Å²) in [7, 11) is -2.48. The van der Waals surface area contributed by atoms with Crippen LogP contribution in [-0.4, -0.2) is 46.8 Å². The molecule has 1 aliphatic heterocycles. The van der Waals surface area contributed by atoms with E-state index in [-0.39, 0.29) is 23.6 Å². The van der Waals surface area contributed by atoms with Crippen molar-refractivity contribution in [1.29, 1.82) is 0 Å². The van der Waals surface area contributed by atoms with Gasteiger partial charge in [0.15, 0.2) is 0 Å². The fourth-order valence-electron chi connectivity index (χ4n) is 2.42. The van der Waals surface area contributed by atoms with Crippen molar-refractivity contribution >= 4 is 21.4 Å². The SMILES string of the molecule is CN(c1cccc(OCC2=NCCC2)c1CC(F)(F)F)S(C)(=O)=O. The summed E-state index contributed by atoms with van der Waals surface area (Å²) in [6.07, 6.45) is -3.16. The standard InChI is InChI=1S/C15H19F3N2O3S/c1-20(24(2,21)22)13-6-3-7-14(12(13)9-15(16,17)18)23-10-11-5-4-8-19-11/h3,6-7H,4-5,8-10H2,1-2H3. The van der Waals surface area contributed by atoms with Crippen LogP contribution in [0.1, 0.15) is 18.4 Å². The molecule has 134 valence electrons. The van der Waals surface area contributed by atoms with Gasteiger partial charge in [0.25, 0.3) is 0 Å². The maximum atomic E-state index is 13.0. The molecular formula is C15H19F3N2O3S. The van der Waals surface area contributed by atoms with Gasteiger partial charge in [0.2, 0.25) is 10.0 Å². The highest BCUT2D eigenvalue weighted by Crippen LogP contribution is 2.35. The highest BCUT2D eigenvalue weighted by Gasteiger charge is 2.32. The van der Waals surface area contributed by atoms with E-state index in [2.05, 4.69) is 4.99 Å². The van der Waals surface area contributed by atoms with Gasteiger partial charge < -0.3 is 4.74 Å². The van der Waals surface area contributed by atoms with Gasteiger partial charge in [0, 0.05) is 24.9 Å². The van der Waals surface area contributed by atoms with Crippen molar-refractivity contribution in [2.45, 2.75) is 25.4 Å². The molecule has 2 rings (SSSR count). The van der Waals surface area contributed by atoms with Crippen LogP contribution in [0, 0.1) is 0 Å². The van der Waals surface area contributed by atoms with Crippen LogP contribution in [0.5, 0.6) is 5.75 Å². The minimum atomic E-state index is -4.49. The second-order valence-electron chi connectivity index (χ2n) is 5.62. The molecule has 1 aliphatic rings. The van der Waals surface area contributed by atoms with Crippen LogP contribution in [-0.2, 0) is 16.4 Å². The molecule has 0 aliphatic carbocycles. The topological polar surface area (TPSA) is 59.0 Å². The van der Waals surface area contributed by atoms with Crippen LogP contribution < -0.4 is 9.04 Å². The monoisotopic (exact) mass is 364 g/mol. The molecule has 0 unspecified atom stereocenters. The number of aliphatic imine (C=N–C) groups is 1. The molecule has 1 aromatic rings. The fraction of sp³-hybridized carbons (Fsp3) is 0.533. The normalized spacial score (nSPS) is 15.3. The number of anilines is 1. The number of benzene rings is 1. The highest BCUT2D eigenvalue weighted by atomic mass is 32.2. The fourth-order valence-corrected chi connectivity index (χ4v) is 2.95. The predicted molar refractivity (Wildman–Crippen MR) is 86.5 cm³/mol. The molecule has 0 bridgehead atoms. The lowest BCUT2D eigenvalue weighted by Gasteiger charge is -2.23. The molecule has 0 aromatic heterocycles. The van der Waals surface area contributed by atoms with Crippen LogP contribution >= 0.6 is 0 Å². The first kappa shape index (κ1) is 18.6. The summed E-state index contributed by atoms with van der Waals surface area (Å²) in [5.74, 6) is 0.0231. The second kappa shape index (κ2) is 7.00. The Balaban J connectivity index is 2.37. The number of hydrogen-bond donors (Lipinski definition) is 0. The van der Waals surface area contributed by atoms with E-state index in [0.717, 1.165) is 29.1 Å². The molecule has 0 saturated carbocycles. The molecule has 0 spiro atoms. The van der Waals surface area contributed by atoms with Gasteiger partial charge in [0.1, 0.15) is 12.4 Å². The first-order valence-electron chi connectivity index (χ1n) is 7.35. The molecule has 1 heterocycles. The van der Waals surface area contributed by atoms with Crippen molar-refractivity contribution in [2.75, 3.05) is 30.8 Å². The number of alkyl halides is 3. The van der Waals surface area contributed by atoms with Gasteiger partial charge in [-0.15, -0.1) is 0 Å². The van der Waals surface area contributed by atoms with Crippen LogP contribution in [0.3, 0.4) is 0 Å². The van der Waals surface area contributed by atoms with Gasteiger partial charge in [-0.2, -0.15) is 13.2 Å². The lowest BCUT2D eigenvalue weighted by molar-refractivity contribution is -0.127. The largest absolute Gasteiger partial charge is 0.487 e. The Labute approximate surface area is 139 Å². The third-order valence-electron chi connectivity index (χ3n) is 3.68. The molecule has 0 amide bonds.